The van der Waals surface area contributed by atoms with Crippen LogP contribution < -0.4 is 0 Å². The molecule has 3 rings (SSSR count). The van der Waals surface area contributed by atoms with Crippen LogP contribution in [-0.2, 0) is 0 Å². The Morgan fingerprint density at radius 1 is 1.21 bits per heavy atom. The number of aromatic nitrogens is 3. The van der Waals surface area contributed by atoms with Crippen molar-refractivity contribution in [3.63, 3.8) is 0 Å². The first kappa shape index (κ1) is 11.6. The molecule has 0 saturated carbocycles. The van der Waals surface area contributed by atoms with E-state index >= 15 is 0 Å². The maximum absolute atomic E-state index is 11.5. The van der Waals surface area contributed by atoms with Crippen LogP contribution in [0.25, 0.3) is 22.2 Å². The van der Waals surface area contributed by atoms with Gasteiger partial charge in [0.05, 0.1) is 5.52 Å². The van der Waals surface area contributed by atoms with Gasteiger partial charge in [-0.05, 0) is 44.2 Å². The van der Waals surface area contributed by atoms with Crippen LogP contribution in [0.1, 0.15) is 23.0 Å². The second-order valence-corrected chi connectivity index (χ2v) is 4.57. The molecule has 1 aromatic carbocycles. The molecule has 0 aliphatic rings. The van der Waals surface area contributed by atoms with E-state index in [-0.39, 0.29) is 5.78 Å². The van der Waals surface area contributed by atoms with Gasteiger partial charge in [0.1, 0.15) is 5.69 Å². The van der Waals surface area contributed by atoms with Crippen LogP contribution in [0.5, 0.6) is 0 Å². The van der Waals surface area contributed by atoms with Crippen LogP contribution in [-0.4, -0.2) is 21.0 Å². The molecule has 0 fully saturated rings. The maximum Gasteiger partial charge on any atom is 0.159 e. The summed E-state index contributed by atoms with van der Waals surface area (Å²) in [5, 5.41) is 8.29. The minimum Gasteiger partial charge on any atom is -0.295 e. The number of aryl methyl sites for hydroxylation is 1. The molecule has 4 nitrogen and oxygen atoms in total. The van der Waals surface area contributed by atoms with Gasteiger partial charge in [0.2, 0.25) is 0 Å². The second kappa shape index (κ2) is 4.31. The van der Waals surface area contributed by atoms with Crippen molar-refractivity contribution in [3.05, 3.63) is 47.8 Å². The highest BCUT2D eigenvalue weighted by molar-refractivity contribution is 6.01. The molecule has 0 spiro atoms. The summed E-state index contributed by atoms with van der Waals surface area (Å²) in [6.07, 6.45) is 1.76. The summed E-state index contributed by atoms with van der Waals surface area (Å²) < 4.78 is 0. The fraction of sp³-hybridized carbons (Fsp3) is 0.133. The van der Waals surface area contributed by atoms with Gasteiger partial charge in [-0.1, -0.05) is 0 Å². The van der Waals surface area contributed by atoms with Crippen molar-refractivity contribution in [2.24, 2.45) is 0 Å². The number of Topliss-reactive ketones (excluding diaryl/α,β-unsaturated/α-hetero) is 1. The first-order chi connectivity index (χ1) is 9.15. The maximum atomic E-state index is 11.5. The van der Waals surface area contributed by atoms with Gasteiger partial charge >= 0.3 is 0 Å². The zero-order valence-electron chi connectivity index (χ0n) is 10.8. The number of aromatic amines is 1. The average Bonchev–Trinajstić information content (AvgIpc) is 2.81. The minimum absolute atomic E-state index is 0.0555. The molecule has 4 heteroatoms. The third kappa shape index (κ3) is 2.01. The smallest absolute Gasteiger partial charge is 0.159 e. The Balaban J connectivity index is 2.24. The zero-order valence-corrected chi connectivity index (χ0v) is 10.8. The molecular formula is C15H13N3O. The van der Waals surface area contributed by atoms with Crippen molar-refractivity contribution in [2.45, 2.75) is 13.8 Å². The van der Waals surface area contributed by atoms with E-state index in [9.17, 15) is 4.79 Å². The number of benzene rings is 1. The minimum atomic E-state index is 0.0555. The molecule has 2 heterocycles. The fourth-order valence-corrected chi connectivity index (χ4v) is 2.15. The van der Waals surface area contributed by atoms with E-state index in [1.807, 2.05) is 37.3 Å². The van der Waals surface area contributed by atoms with Gasteiger partial charge in [-0.3, -0.25) is 14.9 Å². The second-order valence-electron chi connectivity index (χ2n) is 4.57. The number of carbonyl (C=O) groups excluding carboxylic acids is 1. The van der Waals surface area contributed by atoms with Crippen molar-refractivity contribution >= 4 is 16.7 Å². The van der Waals surface area contributed by atoms with Crippen LogP contribution in [0.4, 0.5) is 0 Å². The third-order valence-electron chi connectivity index (χ3n) is 3.14. The fourth-order valence-electron chi connectivity index (χ4n) is 2.15. The summed E-state index contributed by atoms with van der Waals surface area (Å²) in [6.45, 7) is 3.51. The van der Waals surface area contributed by atoms with Crippen molar-refractivity contribution in [2.75, 3.05) is 0 Å². The number of nitrogens with one attached hydrogen (secondary N) is 1. The summed E-state index contributed by atoms with van der Waals surface area (Å²) in [5.74, 6) is 0.0555. The van der Waals surface area contributed by atoms with Crippen LogP contribution in [0, 0.1) is 6.92 Å². The number of hydrogen-bond acceptors (Lipinski definition) is 3. The monoisotopic (exact) mass is 251 g/mol. The molecule has 0 aliphatic heterocycles. The van der Waals surface area contributed by atoms with Gasteiger partial charge in [-0.15, -0.1) is 0 Å². The van der Waals surface area contributed by atoms with Crippen LogP contribution in [0.3, 0.4) is 0 Å². The molecule has 3 aromatic rings. The largest absolute Gasteiger partial charge is 0.295 e. The SMILES string of the molecule is CC(=O)c1ccc2[nH]nc(-c3ccnc(C)c3)c2c1. The average molecular weight is 251 g/mol. The Labute approximate surface area is 110 Å². The van der Waals surface area contributed by atoms with Crippen molar-refractivity contribution < 1.29 is 4.79 Å². The lowest BCUT2D eigenvalue weighted by atomic mass is 10.0. The predicted octanol–water partition coefficient (Wildman–Crippen LogP) is 3.14. The third-order valence-corrected chi connectivity index (χ3v) is 3.14. The zero-order chi connectivity index (χ0) is 13.4. The molecule has 2 aromatic heterocycles. The molecule has 0 radical (unpaired) electrons. The highest BCUT2D eigenvalue weighted by Gasteiger charge is 2.10. The van der Waals surface area contributed by atoms with Gasteiger partial charge in [0, 0.05) is 28.4 Å². The number of ketones is 1. The predicted molar refractivity (Wildman–Crippen MR) is 74.1 cm³/mol. The highest BCUT2D eigenvalue weighted by atomic mass is 16.1. The first-order valence-electron chi connectivity index (χ1n) is 6.07. The summed E-state index contributed by atoms with van der Waals surface area (Å²) >= 11 is 0. The molecular weight excluding hydrogens is 238 g/mol. The van der Waals surface area contributed by atoms with Gasteiger partial charge in [-0.2, -0.15) is 5.10 Å². The summed E-state index contributed by atoms with van der Waals surface area (Å²) in [4.78, 5) is 15.7. The number of carbonyl (C=O) groups is 1. The van der Waals surface area contributed by atoms with E-state index in [0.29, 0.717) is 5.56 Å². The van der Waals surface area contributed by atoms with E-state index < -0.39 is 0 Å². The number of hydrogen-bond donors (Lipinski definition) is 1. The molecule has 0 amide bonds. The Morgan fingerprint density at radius 2 is 2.05 bits per heavy atom. The summed E-state index contributed by atoms with van der Waals surface area (Å²) in [5.41, 5.74) is 4.41. The molecule has 0 aliphatic carbocycles. The Morgan fingerprint density at radius 3 is 2.79 bits per heavy atom. The van der Waals surface area contributed by atoms with Crippen molar-refractivity contribution in [1.82, 2.24) is 15.2 Å². The molecule has 94 valence electrons. The van der Waals surface area contributed by atoms with E-state index in [1.54, 1.807) is 13.1 Å². The van der Waals surface area contributed by atoms with Gasteiger partial charge < -0.3 is 0 Å². The van der Waals surface area contributed by atoms with E-state index in [1.165, 1.54) is 0 Å². The lowest BCUT2D eigenvalue weighted by molar-refractivity contribution is 0.101. The van der Waals surface area contributed by atoms with E-state index in [2.05, 4.69) is 15.2 Å². The number of nitrogens with zero attached hydrogens (tertiary/aromatic N) is 2. The Kier molecular flexibility index (Phi) is 2.63. The van der Waals surface area contributed by atoms with Crippen LogP contribution >= 0.6 is 0 Å². The summed E-state index contributed by atoms with van der Waals surface area (Å²) in [7, 11) is 0. The van der Waals surface area contributed by atoms with E-state index in [0.717, 1.165) is 27.9 Å². The lowest BCUT2D eigenvalue weighted by Crippen LogP contribution is -1.90. The molecule has 1 N–H and O–H groups in total. The van der Waals surface area contributed by atoms with Crippen LogP contribution in [0.2, 0.25) is 0 Å². The Bertz CT molecular complexity index is 774. The topological polar surface area (TPSA) is 58.6 Å². The number of rotatable bonds is 2. The lowest BCUT2D eigenvalue weighted by Gasteiger charge is -2.00. The number of H-pyrrole nitrogens is 1. The quantitative estimate of drug-likeness (QED) is 0.712. The number of fused-ring (bicyclic) bond motifs is 1. The van der Waals surface area contributed by atoms with Crippen molar-refractivity contribution in [3.8, 4) is 11.3 Å². The molecule has 0 saturated heterocycles. The summed E-state index contributed by atoms with van der Waals surface area (Å²) in [6, 6.07) is 9.48. The molecule has 0 bridgehead atoms. The van der Waals surface area contributed by atoms with E-state index in [4.69, 9.17) is 0 Å². The number of pyridine rings is 1. The van der Waals surface area contributed by atoms with Gasteiger partial charge in [0.15, 0.2) is 5.78 Å². The van der Waals surface area contributed by atoms with Gasteiger partial charge in [-0.25, -0.2) is 0 Å². The normalized spacial score (nSPS) is 10.8. The van der Waals surface area contributed by atoms with Crippen molar-refractivity contribution in [1.29, 1.82) is 0 Å². The first-order valence-corrected chi connectivity index (χ1v) is 6.07. The highest BCUT2D eigenvalue weighted by Crippen LogP contribution is 2.27. The van der Waals surface area contributed by atoms with Crippen LogP contribution in [0.15, 0.2) is 36.5 Å². The molecule has 0 atom stereocenters. The Hall–Kier alpha value is -2.49. The molecule has 19 heavy (non-hydrogen) atoms. The standard InChI is InChI=1S/C15H13N3O/c1-9-7-12(5-6-16-9)15-13-8-11(10(2)19)3-4-14(13)17-18-15/h3-8H,1-2H3,(H,17,18). The molecule has 0 unspecified atom stereocenters. The van der Waals surface area contributed by atoms with Gasteiger partial charge in [0.25, 0.3) is 0 Å².